The van der Waals surface area contributed by atoms with Gasteiger partial charge in [0.25, 0.3) is 0 Å². The Kier molecular flexibility index (Phi) is 6.76. The second-order valence-corrected chi connectivity index (χ2v) is 6.35. The Morgan fingerprint density at radius 2 is 0.933 bits per heavy atom. The zero-order chi connectivity index (χ0) is 20.0. The second kappa shape index (κ2) is 8.74. The zero-order valence-corrected chi connectivity index (χ0v) is 17.0. The third kappa shape index (κ3) is 3.60. The van der Waals surface area contributed by atoms with Gasteiger partial charge in [-0.15, -0.1) is 0 Å². The van der Waals surface area contributed by atoms with Crippen molar-refractivity contribution in [3.8, 4) is 22.6 Å². The summed E-state index contributed by atoms with van der Waals surface area (Å²) < 4.78 is 0. The van der Waals surface area contributed by atoms with E-state index >= 15 is 0 Å². The van der Waals surface area contributed by atoms with Crippen molar-refractivity contribution in [1.82, 2.24) is 0 Å². The second-order valence-electron chi connectivity index (χ2n) is 6.35. The van der Waals surface area contributed by atoms with Gasteiger partial charge >= 0.3 is 44.9 Å². The monoisotopic (exact) mass is 490 g/mol. The van der Waals surface area contributed by atoms with Crippen LogP contribution in [0.4, 0.5) is 0 Å². The van der Waals surface area contributed by atoms with Crippen LogP contribution in [0.1, 0.15) is 20.7 Å². The van der Waals surface area contributed by atoms with E-state index in [2.05, 4.69) is 0 Å². The van der Waals surface area contributed by atoms with Gasteiger partial charge in [0, 0.05) is 11.1 Å². The Morgan fingerprint density at radius 3 is 1.27 bits per heavy atom. The van der Waals surface area contributed by atoms with Gasteiger partial charge < -0.3 is 20.4 Å². The zero-order valence-electron chi connectivity index (χ0n) is 15.0. The number of carboxylic acid groups (broad SMARTS) is 2. The molecule has 0 aromatic heterocycles. The number of benzene rings is 4. The molecule has 0 fully saturated rings. The first kappa shape index (κ1) is 23.2. The van der Waals surface area contributed by atoms with E-state index in [1.807, 2.05) is 0 Å². The maximum Gasteiger partial charge on any atom is 2.00 e. The predicted molar refractivity (Wildman–Crippen MR) is 104 cm³/mol. The molecule has 0 saturated heterocycles. The summed E-state index contributed by atoms with van der Waals surface area (Å²) in [6.45, 7) is 0. The fourth-order valence-corrected chi connectivity index (χ4v) is 3.51. The van der Waals surface area contributed by atoms with Crippen LogP contribution in [0.5, 0.6) is 11.5 Å². The van der Waals surface area contributed by atoms with Crippen molar-refractivity contribution in [2.24, 2.45) is 0 Å². The Balaban J connectivity index is 0.00000160. The third-order valence-corrected chi connectivity index (χ3v) is 4.75. The maximum absolute atomic E-state index is 11.7. The molecule has 6 nitrogen and oxygen atoms in total. The Hall–Kier alpha value is -3.07. The average Bonchev–Trinajstić information content (AvgIpc) is 2.67. The van der Waals surface area contributed by atoms with Gasteiger partial charge in [-0.05, 0) is 33.7 Å². The van der Waals surface area contributed by atoms with Gasteiger partial charge in [-0.2, -0.15) is 0 Å². The van der Waals surface area contributed by atoms with E-state index in [1.165, 1.54) is 12.1 Å². The number of carboxylic acids is 2. The fourth-order valence-electron chi connectivity index (χ4n) is 3.51. The molecule has 0 heterocycles. The van der Waals surface area contributed by atoms with E-state index in [0.29, 0.717) is 21.5 Å². The summed E-state index contributed by atoms with van der Waals surface area (Å²) in [5.41, 5.74) is -0.518. The van der Waals surface area contributed by atoms with Crippen LogP contribution >= 0.6 is 0 Å². The molecule has 30 heavy (non-hydrogen) atoms. The molecule has 0 aliphatic rings. The molecule has 0 bridgehead atoms. The van der Waals surface area contributed by atoms with Crippen LogP contribution in [-0.2, 0) is 33.0 Å². The molecule has 154 valence electrons. The summed E-state index contributed by atoms with van der Waals surface area (Å²) in [5, 5.41) is 42.6. The van der Waals surface area contributed by atoms with Crippen LogP contribution in [-0.4, -0.2) is 32.4 Å². The molecule has 4 rings (SSSR count). The number of hydrogen-bond acceptors (Lipinski definition) is 4. The van der Waals surface area contributed by atoms with Crippen LogP contribution in [0.25, 0.3) is 32.7 Å². The predicted octanol–water partition coefficient (Wildman–Crippen LogP) is 4.46. The molecule has 4 aromatic rings. The summed E-state index contributed by atoms with van der Waals surface area (Å²) in [4.78, 5) is 23.3. The van der Waals surface area contributed by atoms with Gasteiger partial charge in [0.05, 0.1) is 0 Å². The summed E-state index contributed by atoms with van der Waals surface area (Å²) in [7, 11) is 0. The minimum absolute atomic E-state index is 0. The quantitative estimate of drug-likeness (QED) is 0.315. The van der Waals surface area contributed by atoms with Gasteiger partial charge in [-0.25, -0.2) is 9.59 Å². The van der Waals surface area contributed by atoms with Gasteiger partial charge in [0.2, 0.25) is 0 Å². The smallest absolute Gasteiger partial charge is 0.506 e. The summed E-state index contributed by atoms with van der Waals surface area (Å²) in [6.07, 6.45) is 0. The van der Waals surface area contributed by atoms with Crippen molar-refractivity contribution < 1.29 is 63.0 Å². The molecule has 8 heteroatoms. The molecule has 0 unspecified atom stereocenters. The fraction of sp³-hybridized carbons (Fsp3) is 0. The van der Waals surface area contributed by atoms with Gasteiger partial charge in [0.1, 0.15) is 22.6 Å². The van der Waals surface area contributed by atoms with Crippen molar-refractivity contribution in [3.63, 3.8) is 0 Å². The van der Waals surface area contributed by atoms with Crippen molar-refractivity contribution in [2.75, 3.05) is 0 Å². The van der Waals surface area contributed by atoms with Crippen LogP contribution in [0, 0.1) is 0 Å². The molecule has 4 aromatic carbocycles. The number of rotatable bonds is 3. The molecule has 0 saturated carbocycles. The molecule has 0 aliphatic heterocycles. The van der Waals surface area contributed by atoms with Gasteiger partial charge in [-0.3, -0.25) is 0 Å². The Morgan fingerprint density at radius 1 is 0.600 bits per heavy atom. The molecular formula is C22H14Ni2O6+4. The van der Waals surface area contributed by atoms with Crippen molar-refractivity contribution in [1.29, 1.82) is 0 Å². The number of aromatic hydroxyl groups is 2. The standard InChI is InChI=1S/C22H14O6.2Ni/c23-19-15(21(25)26)9-11-5-1-3-7-13(11)17(19)18-14-8-4-2-6-12(14)10-16(20(18)24)22(27)28;;/h1-10,23-24H,(H,25,26)(H,27,28);;/q;2*+2. The maximum atomic E-state index is 11.7. The van der Waals surface area contributed by atoms with Crippen molar-refractivity contribution in [2.45, 2.75) is 0 Å². The minimum Gasteiger partial charge on any atom is -0.506 e. The molecule has 0 atom stereocenters. The first-order chi connectivity index (χ1) is 13.4. The first-order valence-corrected chi connectivity index (χ1v) is 8.36. The van der Waals surface area contributed by atoms with E-state index in [1.54, 1.807) is 48.5 Å². The normalized spacial score (nSPS) is 10.3. The topological polar surface area (TPSA) is 115 Å². The number of aromatic carboxylic acids is 2. The van der Waals surface area contributed by atoms with E-state index in [-0.39, 0.29) is 55.2 Å². The average molecular weight is 492 g/mol. The molecule has 4 N–H and O–H groups in total. The molecular weight excluding hydrogens is 478 g/mol. The summed E-state index contributed by atoms with van der Waals surface area (Å²) in [6, 6.07) is 16.3. The van der Waals surface area contributed by atoms with E-state index in [4.69, 9.17) is 0 Å². The molecule has 0 spiro atoms. The van der Waals surface area contributed by atoms with E-state index < -0.39 is 23.4 Å². The van der Waals surface area contributed by atoms with E-state index in [9.17, 15) is 30.0 Å². The first-order valence-electron chi connectivity index (χ1n) is 8.36. The number of hydrogen-bond donors (Lipinski definition) is 4. The van der Waals surface area contributed by atoms with Gasteiger partial charge in [-0.1, -0.05) is 48.5 Å². The molecule has 0 radical (unpaired) electrons. The third-order valence-electron chi connectivity index (χ3n) is 4.75. The summed E-state index contributed by atoms with van der Waals surface area (Å²) >= 11 is 0. The Bertz CT molecular complexity index is 1200. The van der Waals surface area contributed by atoms with Crippen LogP contribution in [0.15, 0.2) is 60.7 Å². The number of carbonyl (C=O) groups is 2. The van der Waals surface area contributed by atoms with Gasteiger partial charge in [0.15, 0.2) is 0 Å². The largest absolute Gasteiger partial charge is 2.00 e. The van der Waals surface area contributed by atoms with Crippen LogP contribution in [0.2, 0.25) is 0 Å². The number of phenols is 2. The SMILES string of the molecule is O=C(O)c1cc2ccccc2c(-c2c(O)c(C(=O)O)cc3ccccc23)c1O.[Ni+2].[Ni+2]. The van der Waals surface area contributed by atoms with E-state index in [0.717, 1.165) is 0 Å². The van der Waals surface area contributed by atoms with Crippen LogP contribution in [0.3, 0.4) is 0 Å². The molecule has 0 aliphatic carbocycles. The van der Waals surface area contributed by atoms with Crippen molar-refractivity contribution in [3.05, 3.63) is 71.8 Å². The Labute approximate surface area is 190 Å². The van der Waals surface area contributed by atoms with Crippen LogP contribution < -0.4 is 0 Å². The molecule has 0 amide bonds. The number of fused-ring (bicyclic) bond motifs is 2. The minimum atomic E-state index is -1.33. The summed E-state index contributed by atoms with van der Waals surface area (Å²) in [5.74, 6) is -3.73. The van der Waals surface area contributed by atoms with Crippen molar-refractivity contribution >= 4 is 33.5 Å².